The minimum atomic E-state index is -0.652. The van der Waals surface area contributed by atoms with Gasteiger partial charge in [0.1, 0.15) is 0 Å². The molecule has 0 aromatic carbocycles. The van der Waals surface area contributed by atoms with Gasteiger partial charge >= 0.3 is 5.97 Å². The van der Waals surface area contributed by atoms with Crippen LogP contribution in [-0.2, 0) is 9.53 Å². The second-order valence-electron chi connectivity index (χ2n) is 11.0. The summed E-state index contributed by atoms with van der Waals surface area (Å²) in [6.07, 6.45) is 9.55. The maximum absolute atomic E-state index is 12.1. The third-order valence-corrected chi connectivity index (χ3v) is 8.11. The van der Waals surface area contributed by atoms with Crippen molar-refractivity contribution < 1.29 is 19.7 Å². The number of hydrogen-bond acceptors (Lipinski definition) is 4. The smallest absolute Gasteiger partial charge is 0.330 e. The first-order chi connectivity index (χ1) is 13.4. The molecule has 0 amide bonds. The molecular formula is C25H44O4. The van der Waals surface area contributed by atoms with Crippen LogP contribution in [0.1, 0.15) is 92.9 Å². The lowest BCUT2D eigenvalue weighted by atomic mass is 9.45. The van der Waals surface area contributed by atoms with Crippen molar-refractivity contribution in [3.63, 3.8) is 0 Å². The fraction of sp³-hybridized carbons (Fsp3) is 0.880. The highest BCUT2D eigenvalue weighted by Gasteiger charge is 2.59. The zero-order valence-corrected chi connectivity index (χ0v) is 19.6. The molecule has 2 N–H and O–H groups in total. The Labute approximate surface area is 178 Å². The molecule has 2 rings (SSSR count). The molecule has 0 heterocycles. The summed E-state index contributed by atoms with van der Waals surface area (Å²) in [5, 5.41) is 20.6. The van der Waals surface area contributed by atoms with E-state index >= 15 is 0 Å². The van der Waals surface area contributed by atoms with E-state index in [4.69, 9.17) is 4.74 Å². The van der Waals surface area contributed by atoms with Crippen LogP contribution < -0.4 is 0 Å². The zero-order chi connectivity index (χ0) is 21.9. The van der Waals surface area contributed by atoms with E-state index in [1.54, 1.807) is 6.08 Å². The Kier molecular flexibility index (Phi) is 8.00. The summed E-state index contributed by atoms with van der Waals surface area (Å²) >= 11 is 0. The normalized spacial score (nSPS) is 38.1. The maximum Gasteiger partial charge on any atom is 0.330 e. The van der Waals surface area contributed by atoms with Crippen LogP contribution in [0, 0.1) is 28.6 Å². The van der Waals surface area contributed by atoms with Crippen molar-refractivity contribution in [3.05, 3.63) is 11.6 Å². The Morgan fingerprint density at radius 3 is 2.48 bits per heavy atom. The summed E-state index contributed by atoms with van der Waals surface area (Å²) in [4.78, 5) is 12.1. The number of aliphatic hydroxyl groups is 2. The molecule has 0 radical (unpaired) electrons. The van der Waals surface area contributed by atoms with E-state index in [1.807, 2.05) is 20.8 Å². The largest absolute Gasteiger partial charge is 0.462 e. The molecule has 0 aliphatic heterocycles. The molecule has 4 nitrogen and oxygen atoms in total. The highest BCUT2D eigenvalue weighted by molar-refractivity contribution is 5.82. The van der Waals surface area contributed by atoms with Gasteiger partial charge in [0.05, 0.1) is 12.2 Å². The molecule has 0 bridgehead atoms. The summed E-state index contributed by atoms with van der Waals surface area (Å²) in [6, 6.07) is 0. The highest BCUT2D eigenvalue weighted by atomic mass is 16.5. The van der Waals surface area contributed by atoms with Crippen LogP contribution in [0.25, 0.3) is 0 Å². The lowest BCUT2D eigenvalue weighted by Crippen LogP contribution is -2.59. The van der Waals surface area contributed by atoms with Gasteiger partial charge < -0.3 is 14.9 Å². The topological polar surface area (TPSA) is 66.8 Å². The lowest BCUT2D eigenvalue weighted by molar-refractivity contribution is -0.186. The molecule has 0 saturated heterocycles. The Bertz CT molecular complexity index is 592. The van der Waals surface area contributed by atoms with Gasteiger partial charge in [-0.25, -0.2) is 4.79 Å². The number of rotatable bonds is 8. The number of aliphatic hydroxyl groups excluding tert-OH is 1. The summed E-state index contributed by atoms with van der Waals surface area (Å²) < 4.78 is 5.70. The monoisotopic (exact) mass is 408 g/mol. The lowest BCUT2D eigenvalue weighted by Gasteiger charge is -2.61. The average molecular weight is 409 g/mol. The van der Waals surface area contributed by atoms with E-state index < -0.39 is 5.60 Å². The van der Waals surface area contributed by atoms with Crippen molar-refractivity contribution in [2.24, 2.45) is 28.6 Å². The Balaban J connectivity index is 2.19. The van der Waals surface area contributed by atoms with Crippen LogP contribution in [-0.4, -0.2) is 35.0 Å². The standard InChI is InChI=1S/C25H44O4/c1-18(2)16-22(27)29-17-23(4)12-7-13-24(5)20(23)10-14-25(6,28)21(24)9-8-19(3)11-15-26/h16,19-21,26,28H,7-15,17H2,1-6H3. The number of allylic oxidation sites excluding steroid dienone is 1. The number of fused-ring (bicyclic) bond motifs is 1. The van der Waals surface area contributed by atoms with Gasteiger partial charge in [0.15, 0.2) is 0 Å². The molecule has 2 aliphatic carbocycles. The van der Waals surface area contributed by atoms with Gasteiger partial charge in [-0.1, -0.05) is 39.2 Å². The molecule has 2 aliphatic rings. The van der Waals surface area contributed by atoms with Crippen molar-refractivity contribution in [2.75, 3.05) is 13.2 Å². The van der Waals surface area contributed by atoms with Crippen LogP contribution in [0.3, 0.4) is 0 Å². The van der Waals surface area contributed by atoms with E-state index in [0.717, 1.165) is 56.9 Å². The van der Waals surface area contributed by atoms with Crippen LogP contribution in [0.2, 0.25) is 0 Å². The minimum absolute atomic E-state index is 0.0381. The van der Waals surface area contributed by atoms with Crippen LogP contribution >= 0.6 is 0 Å². The van der Waals surface area contributed by atoms with Crippen molar-refractivity contribution in [3.8, 4) is 0 Å². The molecule has 0 spiro atoms. The van der Waals surface area contributed by atoms with E-state index in [9.17, 15) is 15.0 Å². The van der Waals surface area contributed by atoms with E-state index in [1.165, 1.54) is 0 Å². The van der Waals surface area contributed by atoms with Crippen LogP contribution in [0.15, 0.2) is 11.6 Å². The first-order valence-electron chi connectivity index (χ1n) is 11.6. The predicted octanol–water partition coefficient (Wildman–Crippen LogP) is 5.27. The third kappa shape index (κ3) is 5.64. The van der Waals surface area contributed by atoms with Gasteiger partial charge in [-0.15, -0.1) is 0 Å². The summed E-state index contributed by atoms with van der Waals surface area (Å²) in [5.74, 6) is 0.917. The Morgan fingerprint density at radius 2 is 1.86 bits per heavy atom. The Morgan fingerprint density at radius 1 is 1.17 bits per heavy atom. The first-order valence-corrected chi connectivity index (χ1v) is 11.6. The van der Waals surface area contributed by atoms with E-state index in [2.05, 4.69) is 20.8 Å². The van der Waals surface area contributed by atoms with Crippen molar-refractivity contribution in [1.82, 2.24) is 0 Å². The van der Waals surface area contributed by atoms with Crippen molar-refractivity contribution in [1.29, 1.82) is 0 Å². The second-order valence-corrected chi connectivity index (χ2v) is 11.0. The van der Waals surface area contributed by atoms with Gasteiger partial charge in [0, 0.05) is 18.1 Å². The SMILES string of the molecule is CC(C)=CC(=O)OCC1(C)CCCC2(C)C(CCC(C)CCO)C(C)(O)CCC12. The Hall–Kier alpha value is -0.870. The molecular weight excluding hydrogens is 364 g/mol. The van der Waals surface area contributed by atoms with Crippen molar-refractivity contribution in [2.45, 2.75) is 98.5 Å². The third-order valence-electron chi connectivity index (χ3n) is 8.11. The van der Waals surface area contributed by atoms with Gasteiger partial charge in [0.25, 0.3) is 0 Å². The number of esters is 1. The fourth-order valence-electron chi connectivity index (χ4n) is 6.58. The summed E-state index contributed by atoms with van der Waals surface area (Å²) in [6.45, 7) is 13.4. The van der Waals surface area contributed by atoms with E-state index in [0.29, 0.717) is 18.4 Å². The van der Waals surface area contributed by atoms with E-state index in [-0.39, 0.29) is 29.3 Å². The predicted molar refractivity (Wildman–Crippen MR) is 117 cm³/mol. The van der Waals surface area contributed by atoms with Gasteiger partial charge in [-0.05, 0) is 82.5 Å². The molecule has 2 fully saturated rings. The number of carbonyl (C=O) groups excluding carboxylic acids is 1. The molecule has 0 aromatic heterocycles. The minimum Gasteiger partial charge on any atom is -0.462 e. The molecule has 6 atom stereocenters. The number of carbonyl (C=O) groups is 1. The van der Waals surface area contributed by atoms with Gasteiger partial charge in [-0.3, -0.25) is 0 Å². The van der Waals surface area contributed by atoms with Crippen molar-refractivity contribution >= 4 is 5.97 Å². The molecule has 29 heavy (non-hydrogen) atoms. The van der Waals surface area contributed by atoms with Crippen LogP contribution in [0.4, 0.5) is 0 Å². The average Bonchev–Trinajstić information content (AvgIpc) is 2.58. The molecule has 4 heteroatoms. The molecule has 168 valence electrons. The van der Waals surface area contributed by atoms with Crippen LogP contribution in [0.5, 0.6) is 0 Å². The zero-order valence-electron chi connectivity index (χ0n) is 19.6. The summed E-state index contributed by atoms with van der Waals surface area (Å²) in [5.41, 5.74) is 0.320. The van der Waals surface area contributed by atoms with Gasteiger partial charge in [0.2, 0.25) is 0 Å². The summed E-state index contributed by atoms with van der Waals surface area (Å²) in [7, 11) is 0. The first kappa shape index (κ1) is 24.4. The second kappa shape index (κ2) is 9.51. The molecule has 0 aromatic rings. The maximum atomic E-state index is 12.1. The number of ether oxygens (including phenoxy) is 1. The fourth-order valence-corrected chi connectivity index (χ4v) is 6.58. The van der Waals surface area contributed by atoms with Gasteiger partial charge in [-0.2, -0.15) is 0 Å². The quantitative estimate of drug-likeness (QED) is 0.424. The number of hydrogen-bond donors (Lipinski definition) is 2. The molecule has 6 unspecified atom stereocenters. The highest BCUT2D eigenvalue weighted by Crippen LogP contribution is 2.63. The molecule has 2 saturated carbocycles.